The van der Waals surface area contributed by atoms with Gasteiger partial charge in [-0.15, -0.1) is 0 Å². The third-order valence-electron chi connectivity index (χ3n) is 6.79. The van der Waals surface area contributed by atoms with E-state index in [1.807, 2.05) is 39.0 Å². The lowest BCUT2D eigenvalue weighted by Gasteiger charge is -2.34. The van der Waals surface area contributed by atoms with Crippen molar-refractivity contribution in [2.75, 3.05) is 32.8 Å². The predicted octanol–water partition coefficient (Wildman–Crippen LogP) is 3.57. The van der Waals surface area contributed by atoms with E-state index in [0.29, 0.717) is 45.4 Å². The summed E-state index contributed by atoms with van der Waals surface area (Å²) in [7, 11) is 0. The first-order valence-corrected chi connectivity index (χ1v) is 13.7. The van der Waals surface area contributed by atoms with Crippen LogP contribution in [0.4, 0.5) is 0 Å². The molecule has 8 heteroatoms. The number of carbonyl (C=O) groups excluding carboxylic acids is 2. The molecular formula is C29H44N2O6. The highest BCUT2D eigenvalue weighted by Gasteiger charge is 2.32. The Bertz CT molecular complexity index is 885. The van der Waals surface area contributed by atoms with Crippen molar-refractivity contribution in [1.29, 1.82) is 0 Å². The van der Waals surface area contributed by atoms with E-state index < -0.39 is 12.1 Å². The summed E-state index contributed by atoms with van der Waals surface area (Å²) in [5, 5.41) is 14.3. The van der Waals surface area contributed by atoms with Crippen LogP contribution in [0.15, 0.2) is 47.5 Å². The van der Waals surface area contributed by atoms with Crippen LogP contribution in [0.5, 0.6) is 0 Å². The van der Waals surface area contributed by atoms with Gasteiger partial charge in [0.25, 0.3) is 0 Å². The molecule has 3 rings (SSSR count). The number of nitrogens with zero attached hydrogens (tertiary/aromatic N) is 1. The van der Waals surface area contributed by atoms with Gasteiger partial charge in [0, 0.05) is 32.2 Å². The summed E-state index contributed by atoms with van der Waals surface area (Å²) in [4.78, 5) is 27.3. The van der Waals surface area contributed by atoms with Gasteiger partial charge in [-0.3, -0.25) is 9.59 Å². The van der Waals surface area contributed by atoms with Crippen LogP contribution in [0.3, 0.4) is 0 Å². The number of ketones is 1. The quantitative estimate of drug-likeness (QED) is 0.269. The van der Waals surface area contributed by atoms with E-state index in [-0.39, 0.29) is 30.3 Å². The summed E-state index contributed by atoms with van der Waals surface area (Å²) in [6.07, 6.45) is 12.5. The highest BCUT2D eigenvalue weighted by atomic mass is 16.6. The molecule has 8 nitrogen and oxygen atoms in total. The zero-order chi connectivity index (χ0) is 26.6. The summed E-state index contributed by atoms with van der Waals surface area (Å²) >= 11 is 0. The molecule has 206 valence electrons. The molecule has 2 aliphatic heterocycles. The fourth-order valence-electron chi connectivity index (χ4n) is 4.89. The number of allylic oxidation sites excluding steroid dienone is 5. The van der Waals surface area contributed by atoms with Crippen molar-refractivity contribution < 1.29 is 28.9 Å². The van der Waals surface area contributed by atoms with Gasteiger partial charge in [-0.05, 0) is 76.9 Å². The first-order valence-electron chi connectivity index (χ1n) is 13.7. The molecule has 1 aliphatic carbocycles. The predicted molar refractivity (Wildman–Crippen MR) is 143 cm³/mol. The maximum absolute atomic E-state index is 12.8. The number of fused-ring (bicyclic) bond motifs is 1. The fourth-order valence-corrected chi connectivity index (χ4v) is 4.89. The average molecular weight is 517 g/mol. The van der Waals surface area contributed by atoms with Gasteiger partial charge in [0.2, 0.25) is 5.91 Å². The molecule has 2 N–H and O–H groups in total. The summed E-state index contributed by atoms with van der Waals surface area (Å²) in [5.41, 5.74) is 0.839. The van der Waals surface area contributed by atoms with Gasteiger partial charge in [-0.2, -0.15) is 0 Å². The van der Waals surface area contributed by atoms with E-state index in [1.165, 1.54) is 0 Å². The highest BCUT2D eigenvalue weighted by molar-refractivity contribution is 5.90. The molecule has 2 fully saturated rings. The van der Waals surface area contributed by atoms with Crippen molar-refractivity contribution in [3.05, 3.63) is 47.5 Å². The Morgan fingerprint density at radius 1 is 1.22 bits per heavy atom. The van der Waals surface area contributed by atoms with Crippen LogP contribution in [-0.2, 0) is 23.8 Å². The van der Waals surface area contributed by atoms with Gasteiger partial charge in [0.1, 0.15) is 18.5 Å². The van der Waals surface area contributed by atoms with E-state index in [9.17, 15) is 14.7 Å². The molecule has 3 atom stereocenters. The van der Waals surface area contributed by atoms with Gasteiger partial charge in [0.05, 0.1) is 30.6 Å². The minimum Gasteiger partial charge on any atom is -0.495 e. The fraction of sp³-hybridized carbons (Fsp3) is 0.655. The van der Waals surface area contributed by atoms with Crippen LogP contribution in [0.1, 0.15) is 65.7 Å². The summed E-state index contributed by atoms with van der Waals surface area (Å²) in [6.45, 7) is 9.47. The minimum absolute atomic E-state index is 0.00824. The smallest absolute Gasteiger partial charge is 0.220 e. The first-order chi connectivity index (χ1) is 17.9. The van der Waals surface area contributed by atoms with E-state index in [1.54, 1.807) is 12.2 Å². The van der Waals surface area contributed by atoms with Crippen molar-refractivity contribution in [1.82, 2.24) is 10.2 Å². The second-order valence-electron chi connectivity index (χ2n) is 10.2. The molecule has 0 aromatic rings. The molecule has 2 saturated heterocycles. The lowest BCUT2D eigenvalue weighted by molar-refractivity contribution is -0.122. The van der Waals surface area contributed by atoms with Gasteiger partial charge >= 0.3 is 0 Å². The molecule has 2 heterocycles. The minimum atomic E-state index is -0.814. The molecule has 3 aliphatic rings. The molecule has 0 bridgehead atoms. The van der Waals surface area contributed by atoms with Crippen LogP contribution < -0.4 is 5.32 Å². The van der Waals surface area contributed by atoms with Gasteiger partial charge in [0.15, 0.2) is 5.78 Å². The van der Waals surface area contributed by atoms with Crippen LogP contribution >= 0.6 is 0 Å². The molecule has 37 heavy (non-hydrogen) atoms. The van der Waals surface area contributed by atoms with Gasteiger partial charge < -0.3 is 29.5 Å². The number of rotatable bonds is 14. The van der Waals surface area contributed by atoms with E-state index in [0.717, 1.165) is 43.0 Å². The summed E-state index contributed by atoms with van der Waals surface area (Å²) in [6, 6.07) is -0.424. The molecule has 0 aromatic carbocycles. The summed E-state index contributed by atoms with van der Waals surface area (Å²) < 4.78 is 17.1. The normalized spacial score (nSPS) is 22.2. The zero-order valence-corrected chi connectivity index (χ0v) is 22.6. The van der Waals surface area contributed by atoms with Crippen LogP contribution in [0.25, 0.3) is 0 Å². The van der Waals surface area contributed by atoms with Crippen LogP contribution in [0.2, 0.25) is 0 Å². The standard InChI is InChI=1S/C29H44N2O6/c1-4-24(37-21(2)3)11-7-9-23(32)10-8-12-28(33)30-25(20-31-15-5-6-16-31)29(34)22-13-14-26-27(19-22)36-18-17-35-26/h4,7,9,13-14,21,25,27,29,34H,5-6,8,10-12,15-20H2,1-3H3,(H,30,33)/b9-7+,24-4?. The molecular weight excluding hydrogens is 472 g/mol. The molecule has 1 amide bonds. The number of carbonyl (C=O) groups is 2. The van der Waals surface area contributed by atoms with Crippen molar-refractivity contribution in [3.63, 3.8) is 0 Å². The second kappa shape index (κ2) is 15.1. The maximum Gasteiger partial charge on any atom is 0.220 e. The zero-order valence-electron chi connectivity index (χ0n) is 22.6. The molecule has 0 saturated carbocycles. The second-order valence-corrected chi connectivity index (χ2v) is 10.2. The third kappa shape index (κ3) is 9.76. The van der Waals surface area contributed by atoms with Gasteiger partial charge in [-0.25, -0.2) is 0 Å². The molecule has 0 aromatic heterocycles. The lowest BCUT2D eigenvalue weighted by atomic mass is 9.92. The van der Waals surface area contributed by atoms with Crippen molar-refractivity contribution in [2.45, 2.75) is 90.1 Å². The number of ether oxygens (including phenoxy) is 3. The monoisotopic (exact) mass is 516 g/mol. The van der Waals surface area contributed by atoms with E-state index in [4.69, 9.17) is 14.2 Å². The Morgan fingerprint density at radius 2 is 2.00 bits per heavy atom. The lowest BCUT2D eigenvalue weighted by Crippen LogP contribution is -2.51. The third-order valence-corrected chi connectivity index (χ3v) is 6.79. The topological polar surface area (TPSA) is 97.3 Å². The molecule has 3 unspecified atom stereocenters. The van der Waals surface area contributed by atoms with Crippen molar-refractivity contribution in [3.8, 4) is 0 Å². The Labute approximate surface area is 221 Å². The average Bonchev–Trinajstić information content (AvgIpc) is 3.40. The number of amides is 1. The number of hydrogen-bond acceptors (Lipinski definition) is 7. The van der Waals surface area contributed by atoms with Crippen LogP contribution in [-0.4, -0.2) is 78.9 Å². The number of nitrogens with one attached hydrogen (secondary N) is 1. The molecule has 0 radical (unpaired) electrons. The Morgan fingerprint density at radius 3 is 2.73 bits per heavy atom. The number of aliphatic hydroxyl groups is 1. The van der Waals surface area contributed by atoms with Crippen molar-refractivity contribution >= 4 is 11.7 Å². The number of likely N-dealkylation sites (tertiary alicyclic amines) is 1. The largest absolute Gasteiger partial charge is 0.495 e. The number of aliphatic hydroxyl groups excluding tert-OH is 1. The highest BCUT2D eigenvalue weighted by Crippen LogP contribution is 2.28. The Balaban J connectivity index is 1.49. The van der Waals surface area contributed by atoms with E-state index in [2.05, 4.69) is 10.2 Å². The summed E-state index contributed by atoms with van der Waals surface area (Å²) in [5.74, 6) is 1.48. The SMILES string of the molecule is CC=C(C/C=C/C(=O)CCCC(=O)NC(CN1CCCC1)C(O)C1=CC=C2OCCOC2C1)OC(C)C. The Hall–Kier alpha value is -2.42. The first kappa shape index (κ1) is 29.1. The van der Waals surface area contributed by atoms with E-state index >= 15 is 0 Å². The maximum atomic E-state index is 12.8. The van der Waals surface area contributed by atoms with Crippen molar-refractivity contribution in [2.24, 2.45) is 0 Å². The molecule has 0 spiro atoms. The van der Waals surface area contributed by atoms with Gasteiger partial charge in [-0.1, -0.05) is 12.2 Å². The Kier molecular flexibility index (Phi) is 11.9. The number of hydrogen-bond donors (Lipinski definition) is 2. The van der Waals surface area contributed by atoms with Crippen LogP contribution in [0, 0.1) is 0 Å².